The summed E-state index contributed by atoms with van der Waals surface area (Å²) < 4.78 is 27.3. The van der Waals surface area contributed by atoms with Crippen LogP contribution in [0.5, 0.6) is 0 Å². The largest absolute Gasteiger partial charge is 0.367 e. The average Bonchev–Trinajstić information content (AvgIpc) is 2.69. The lowest BCUT2D eigenvalue weighted by Crippen LogP contribution is -2.14. The van der Waals surface area contributed by atoms with Crippen molar-refractivity contribution in [1.82, 2.24) is 15.2 Å². The van der Waals surface area contributed by atoms with Crippen LogP contribution in [0.2, 0.25) is 0 Å². The highest BCUT2D eigenvalue weighted by Gasteiger charge is 2.27. The highest BCUT2D eigenvalue weighted by molar-refractivity contribution is 7.89. The second-order valence-corrected chi connectivity index (χ2v) is 5.02. The Labute approximate surface area is 87.1 Å². The third-order valence-corrected chi connectivity index (χ3v) is 2.97. The second kappa shape index (κ2) is 3.54. The van der Waals surface area contributed by atoms with Crippen LogP contribution in [0.25, 0.3) is 0 Å². The lowest BCUT2D eigenvalue weighted by Gasteiger charge is -2.06. The molecule has 0 bridgehead atoms. The van der Waals surface area contributed by atoms with Crippen molar-refractivity contribution in [2.45, 2.75) is 37.1 Å². The van der Waals surface area contributed by atoms with E-state index in [1.807, 2.05) is 6.92 Å². The molecule has 15 heavy (non-hydrogen) atoms. The minimum absolute atomic E-state index is 0.165. The van der Waals surface area contributed by atoms with Crippen molar-refractivity contribution >= 4 is 10.0 Å². The van der Waals surface area contributed by atoms with E-state index < -0.39 is 10.0 Å². The van der Waals surface area contributed by atoms with Crippen LogP contribution in [0.3, 0.4) is 0 Å². The van der Waals surface area contributed by atoms with Gasteiger partial charge in [-0.2, -0.15) is 4.98 Å². The van der Waals surface area contributed by atoms with Crippen LogP contribution in [-0.4, -0.2) is 29.7 Å². The number of nitrogens with zero attached hydrogens (tertiary/aromatic N) is 2. The van der Waals surface area contributed by atoms with E-state index in [0.29, 0.717) is 5.82 Å². The van der Waals surface area contributed by atoms with E-state index in [2.05, 4.69) is 15.2 Å². The van der Waals surface area contributed by atoms with E-state index >= 15 is 0 Å². The van der Waals surface area contributed by atoms with Crippen LogP contribution in [0.15, 0.2) is 5.16 Å². The molecule has 2 unspecified atom stereocenters. The summed E-state index contributed by atoms with van der Waals surface area (Å²) in [6.07, 6.45) is 1.69. The molecule has 1 aromatic rings. The van der Waals surface area contributed by atoms with Gasteiger partial charge < -0.3 is 4.74 Å². The third kappa shape index (κ3) is 2.16. The smallest absolute Gasteiger partial charge is 0.282 e. The van der Waals surface area contributed by atoms with Crippen LogP contribution in [0.4, 0.5) is 0 Å². The first kappa shape index (κ1) is 10.5. The van der Waals surface area contributed by atoms with Crippen molar-refractivity contribution in [3.8, 4) is 0 Å². The van der Waals surface area contributed by atoms with E-state index in [1.165, 1.54) is 0 Å². The van der Waals surface area contributed by atoms with Crippen molar-refractivity contribution in [2.24, 2.45) is 5.14 Å². The topological polar surface area (TPSA) is 111 Å². The number of hydrogen-bond acceptors (Lipinski definition) is 5. The zero-order valence-electron chi connectivity index (χ0n) is 8.17. The number of hydrogen-bond donors (Lipinski definition) is 2. The number of aromatic amines is 1. The number of H-pyrrole nitrogens is 1. The summed E-state index contributed by atoms with van der Waals surface area (Å²) in [5.74, 6) is 0.420. The molecule has 7 nitrogen and oxygen atoms in total. The van der Waals surface area contributed by atoms with Gasteiger partial charge in [-0.05, 0) is 19.8 Å². The lowest BCUT2D eigenvalue weighted by atomic mass is 10.2. The number of ether oxygens (including phenoxy) is 1. The van der Waals surface area contributed by atoms with Crippen molar-refractivity contribution in [3.63, 3.8) is 0 Å². The molecule has 2 heterocycles. The van der Waals surface area contributed by atoms with Crippen LogP contribution in [0, 0.1) is 0 Å². The normalized spacial score (nSPS) is 27.1. The van der Waals surface area contributed by atoms with Gasteiger partial charge in [-0.3, -0.25) is 5.10 Å². The molecule has 3 N–H and O–H groups in total. The summed E-state index contributed by atoms with van der Waals surface area (Å²) in [5.41, 5.74) is 0. The molecule has 0 amide bonds. The minimum Gasteiger partial charge on any atom is -0.367 e. The quantitative estimate of drug-likeness (QED) is 0.726. The van der Waals surface area contributed by atoms with E-state index in [0.717, 1.165) is 12.8 Å². The summed E-state index contributed by atoms with van der Waals surface area (Å²) in [5, 5.41) is 10.6. The van der Waals surface area contributed by atoms with Crippen molar-refractivity contribution in [1.29, 1.82) is 0 Å². The highest BCUT2D eigenvalue weighted by Crippen LogP contribution is 2.30. The molecular weight excluding hydrogens is 220 g/mol. The van der Waals surface area contributed by atoms with E-state index in [4.69, 9.17) is 9.88 Å². The Hall–Kier alpha value is -0.990. The van der Waals surface area contributed by atoms with E-state index in [-0.39, 0.29) is 17.4 Å². The number of rotatable bonds is 2. The molecule has 8 heteroatoms. The first-order valence-electron chi connectivity index (χ1n) is 4.57. The zero-order chi connectivity index (χ0) is 11.1. The standard InChI is InChI=1S/C7H12N4O3S/c1-4-2-3-5(14-4)6-9-7(11-10-6)15(8,12)13/h4-5H,2-3H2,1H3,(H2,8,12,13)(H,9,10,11). The fourth-order valence-electron chi connectivity index (χ4n) is 1.53. The molecule has 2 rings (SSSR count). The Morgan fingerprint density at radius 2 is 2.27 bits per heavy atom. The van der Waals surface area contributed by atoms with Gasteiger partial charge in [-0.25, -0.2) is 13.6 Å². The maximum atomic E-state index is 10.9. The molecule has 0 aromatic carbocycles. The first-order valence-corrected chi connectivity index (χ1v) is 6.12. The van der Waals surface area contributed by atoms with Gasteiger partial charge in [0.25, 0.3) is 15.2 Å². The number of sulfonamides is 1. The van der Waals surface area contributed by atoms with Gasteiger partial charge in [0.1, 0.15) is 6.10 Å². The maximum Gasteiger partial charge on any atom is 0.282 e. The van der Waals surface area contributed by atoms with Crippen molar-refractivity contribution < 1.29 is 13.2 Å². The molecular formula is C7H12N4O3S. The van der Waals surface area contributed by atoms with Gasteiger partial charge in [0.15, 0.2) is 5.82 Å². The van der Waals surface area contributed by atoms with Crippen molar-refractivity contribution in [2.75, 3.05) is 0 Å². The molecule has 0 radical (unpaired) electrons. The molecule has 0 aliphatic carbocycles. The number of nitrogens with two attached hydrogens (primary N) is 1. The fourth-order valence-corrected chi connectivity index (χ4v) is 1.93. The van der Waals surface area contributed by atoms with Crippen molar-refractivity contribution in [3.05, 3.63) is 5.82 Å². The molecule has 2 atom stereocenters. The summed E-state index contributed by atoms with van der Waals surface area (Å²) >= 11 is 0. The van der Waals surface area contributed by atoms with Gasteiger partial charge in [0.05, 0.1) is 6.10 Å². The van der Waals surface area contributed by atoms with Gasteiger partial charge in [0, 0.05) is 0 Å². The number of aromatic nitrogens is 3. The lowest BCUT2D eigenvalue weighted by molar-refractivity contribution is 0.0504. The van der Waals surface area contributed by atoms with E-state index in [1.54, 1.807) is 0 Å². The predicted molar refractivity (Wildman–Crippen MR) is 50.3 cm³/mol. The Kier molecular flexibility index (Phi) is 2.49. The van der Waals surface area contributed by atoms with E-state index in [9.17, 15) is 8.42 Å². The van der Waals surface area contributed by atoms with Crippen LogP contribution < -0.4 is 5.14 Å². The minimum atomic E-state index is -3.83. The molecule has 1 aliphatic heterocycles. The molecule has 1 saturated heterocycles. The number of nitrogens with one attached hydrogen (secondary N) is 1. The summed E-state index contributed by atoms with van der Waals surface area (Å²) in [6.45, 7) is 1.96. The van der Waals surface area contributed by atoms with Gasteiger partial charge in [-0.1, -0.05) is 0 Å². The molecule has 1 aromatic heterocycles. The third-order valence-electron chi connectivity index (χ3n) is 2.27. The Morgan fingerprint density at radius 3 is 2.73 bits per heavy atom. The highest BCUT2D eigenvalue weighted by atomic mass is 32.2. The maximum absolute atomic E-state index is 10.9. The average molecular weight is 232 g/mol. The predicted octanol–water partition coefficient (Wildman–Crippen LogP) is -0.308. The number of primary sulfonamides is 1. The van der Waals surface area contributed by atoms with Gasteiger partial charge in [-0.15, -0.1) is 5.10 Å². The summed E-state index contributed by atoms with van der Waals surface area (Å²) in [6, 6.07) is 0. The van der Waals surface area contributed by atoms with Crippen LogP contribution in [-0.2, 0) is 14.8 Å². The van der Waals surface area contributed by atoms with Crippen LogP contribution in [0.1, 0.15) is 31.7 Å². The van der Waals surface area contributed by atoms with Gasteiger partial charge >= 0.3 is 0 Å². The second-order valence-electron chi connectivity index (χ2n) is 3.56. The Balaban J connectivity index is 2.21. The Bertz CT molecular complexity index is 455. The summed E-state index contributed by atoms with van der Waals surface area (Å²) in [7, 11) is -3.83. The Morgan fingerprint density at radius 1 is 1.53 bits per heavy atom. The monoisotopic (exact) mass is 232 g/mol. The van der Waals surface area contributed by atoms with Crippen LogP contribution >= 0.6 is 0 Å². The SMILES string of the molecule is CC1CCC(c2nc(S(N)(=O)=O)n[nH]2)O1. The van der Waals surface area contributed by atoms with Gasteiger partial charge in [0.2, 0.25) is 0 Å². The summed E-state index contributed by atoms with van der Waals surface area (Å²) in [4.78, 5) is 3.79. The molecule has 0 spiro atoms. The zero-order valence-corrected chi connectivity index (χ0v) is 8.99. The first-order chi connectivity index (χ1) is 6.97. The molecule has 1 aliphatic rings. The molecule has 1 fully saturated rings. The molecule has 84 valence electrons. The molecule has 0 saturated carbocycles. The fraction of sp³-hybridized carbons (Fsp3) is 0.714.